The van der Waals surface area contributed by atoms with Crippen LogP contribution in [0.3, 0.4) is 0 Å². The van der Waals surface area contributed by atoms with Crippen LogP contribution in [0.25, 0.3) is 0 Å². The smallest absolute Gasteiger partial charge is 0.224 e. The highest BCUT2D eigenvalue weighted by molar-refractivity contribution is 5.90. The number of halogens is 2. The van der Waals surface area contributed by atoms with Crippen LogP contribution < -0.4 is 5.32 Å². The molecular formula is C13H15F2NO. The van der Waals surface area contributed by atoms with Gasteiger partial charge in [0.2, 0.25) is 5.91 Å². The quantitative estimate of drug-likeness (QED) is 0.859. The SMILES string of the molecule is O=C(CC1CCCC1)Nc1cc(F)ccc1F. The topological polar surface area (TPSA) is 29.1 Å². The molecule has 0 spiro atoms. The third-order valence-corrected chi connectivity index (χ3v) is 3.15. The lowest BCUT2D eigenvalue weighted by Gasteiger charge is -2.10. The Morgan fingerprint density at radius 2 is 2.00 bits per heavy atom. The molecule has 2 rings (SSSR count). The molecule has 1 N–H and O–H groups in total. The summed E-state index contributed by atoms with van der Waals surface area (Å²) in [5.74, 6) is -0.998. The lowest BCUT2D eigenvalue weighted by Crippen LogP contribution is -2.16. The molecule has 4 heteroatoms. The number of hydrogen-bond donors (Lipinski definition) is 1. The summed E-state index contributed by atoms with van der Waals surface area (Å²) in [6.07, 6.45) is 4.83. The maximum atomic E-state index is 13.3. The van der Waals surface area contributed by atoms with E-state index in [0.717, 1.165) is 43.9 Å². The molecule has 0 saturated heterocycles. The molecule has 1 aliphatic carbocycles. The lowest BCUT2D eigenvalue weighted by atomic mass is 10.0. The summed E-state index contributed by atoms with van der Waals surface area (Å²) in [6, 6.07) is 3.05. The van der Waals surface area contributed by atoms with Gasteiger partial charge in [0, 0.05) is 12.5 Å². The van der Waals surface area contributed by atoms with Crippen molar-refractivity contribution in [1.82, 2.24) is 0 Å². The minimum Gasteiger partial charge on any atom is -0.324 e. The molecule has 17 heavy (non-hydrogen) atoms. The summed E-state index contributed by atoms with van der Waals surface area (Å²) in [7, 11) is 0. The minimum absolute atomic E-state index is 0.0759. The van der Waals surface area contributed by atoms with E-state index in [0.29, 0.717) is 12.3 Å². The van der Waals surface area contributed by atoms with Crippen molar-refractivity contribution in [2.24, 2.45) is 5.92 Å². The van der Waals surface area contributed by atoms with Gasteiger partial charge in [0.05, 0.1) is 5.69 Å². The molecule has 1 fully saturated rings. The second-order valence-corrected chi connectivity index (χ2v) is 4.53. The summed E-state index contributed by atoms with van der Waals surface area (Å²) in [4.78, 5) is 11.6. The van der Waals surface area contributed by atoms with Crippen molar-refractivity contribution in [1.29, 1.82) is 0 Å². The Labute approximate surface area is 99.0 Å². The predicted octanol–water partition coefficient (Wildman–Crippen LogP) is 3.48. The number of hydrogen-bond acceptors (Lipinski definition) is 1. The Kier molecular flexibility index (Phi) is 3.71. The van der Waals surface area contributed by atoms with Crippen LogP contribution in [-0.4, -0.2) is 5.91 Å². The Hall–Kier alpha value is -1.45. The molecule has 1 amide bonds. The zero-order valence-electron chi connectivity index (χ0n) is 9.51. The first-order valence-electron chi connectivity index (χ1n) is 5.90. The van der Waals surface area contributed by atoms with Gasteiger partial charge in [-0.2, -0.15) is 0 Å². The second kappa shape index (κ2) is 5.25. The van der Waals surface area contributed by atoms with Crippen molar-refractivity contribution in [3.05, 3.63) is 29.8 Å². The first kappa shape index (κ1) is 12.0. The molecule has 1 aromatic carbocycles. The third-order valence-electron chi connectivity index (χ3n) is 3.15. The molecule has 1 aromatic rings. The molecular weight excluding hydrogens is 224 g/mol. The van der Waals surface area contributed by atoms with Gasteiger partial charge in [-0.1, -0.05) is 12.8 Å². The van der Waals surface area contributed by atoms with Crippen molar-refractivity contribution in [3.8, 4) is 0 Å². The Morgan fingerprint density at radius 1 is 1.29 bits per heavy atom. The van der Waals surface area contributed by atoms with E-state index in [2.05, 4.69) is 5.32 Å². The second-order valence-electron chi connectivity index (χ2n) is 4.53. The van der Waals surface area contributed by atoms with Crippen molar-refractivity contribution >= 4 is 11.6 Å². The van der Waals surface area contributed by atoms with E-state index in [4.69, 9.17) is 0 Å². The Morgan fingerprint density at radius 3 is 2.71 bits per heavy atom. The van der Waals surface area contributed by atoms with Crippen molar-refractivity contribution in [2.45, 2.75) is 32.1 Å². The standard InChI is InChI=1S/C13H15F2NO/c14-10-5-6-11(15)12(8-10)16-13(17)7-9-3-1-2-4-9/h5-6,8-9H,1-4,7H2,(H,16,17). The molecule has 1 aliphatic rings. The average Bonchev–Trinajstić information content (AvgIpc) is 2.76. The van der Waals surface area contributed by atoms with E-state index in [-0.39, 0.29) is 11.6 Å². The average molecular weight is 239 g/mol. The molecule has 0 aliphatic heterocycles. The number of carbonyl (C=O) groups is 1. The molecule has 0 unspecified atom stereocenters. The van der Waals surface area contributed by atoms with Gasteiger partial charge in [-0.05, 0) is 30.9 Å². The normalized spacial score (nSPS) is 16.1. The van der Waals surface area contributed by atoms with Gasteiger partial charge in [-0.25, -0.2) is 8.78 Å². The fraction of sp³-hybridized carbons (Fsp3) is 0.462. The van der Waals surface area contributed by atoms with Gasteiger partial charge in [0.15, 0.2) is 0 Å². The number of amides is 1. The van der Waals surface area contributed by atoms with E-state index in [9.17, 15) is 13.6 Å². The van der Waals surface area contributed by atoms with Crippen molar-refractivity contribution in [3.63, 3.8) is 0 Å². The fourth-order valence-corrected chi connectivity index (χ4v) is 2.27. The predicted molar refractivity (Wildman–Crippen MR) is 61.6 cm³/mol. The Balaban J connectivity index is 1.95. The first-order chi connectivity index (χ1) is 8.15. The van der Waals surface area contributed by atoms with E-state index in [1.54, 1.807) is 0 Å². The molecule has 0 aromatic heterocycles. The van der Waals surface area contributed by atoms with E-state index in [1.165, 1.54) is 0 Å². The van der Waals surface area contributed by atoms with Crippen LogP contribution in [0.1, 0.15) is 32.1 Å². The molecule has 0 atom stereocenters. The maximum absolute atomic E-state index is 13.3. The molecule has 92 valence electrons. The summed E-state index contributed by atoms with van der Waals surface area (Å²) < 4.78 is 26.1. The van der Waals surface area contributed by atoms with Crippen LogP contribution in [0, 0.1) is 17.6 Å². The molecule has 1 saturated carbocycles. The number of carbonyl (C=O) groups excluding carboxylic acids is 1. The number of benzene rings is 1. The van der Waals surface area contributed by atoms with Gasteiger partial charge in [-0.15, -0.1) is 0 Å². The zero-order valence-corrected chi connectivity index (χ0v) is 9.51. The van der Waals surface area contributed by atoms with Gasteiger partial charge >= 0.3 is 0 Å². The van der Waals surface area contributed by atoms with Crippen LogP contribution in [0.4, 0.5) is 14.5 Å². The molecule has 0 radical (unpaired) electrons. The van der Waals surface area contributed by atoms with E-state index in [1.807, 2.05) is 0 Å². The van der Waals surface area contributed by atoms with E-state index < -0.39 is 11.6 Å². The highest BCUT2D eigenvalue weighted by atomic mass is 19.1. The van der Waals surface area contributed by atoms with Crippen LogP contribution in [0.15, 0.2) is 18.2 Å². The Bertz CT molecular complexity index is 414. The van der Waals surface area contributed by atoms with Crippen LogP contribution >= 0.6 is 0 Å². The van der Waals surface area contributed by atoms with Gasteiger partial charge in [0.1, 0.15) is 11.6 Å². The minimum atomic E-state index is -0.605. The number of anilines is 1. The summed E-state index contributed by atoms with van der Waals surface area (Å²) >= 11 is 0. The van der Waals surface area contributed by atoms with E-state index >= 15 is 0 Å². The molecule has 2 nitrogen and oxygen atoms in total. The summed E-state index contributed by atoms with van der Waals surface area (Å²) in [5, 5.41) is 2.42. The summed E-state index contributed by atoms with van der Waals surface area (Å²) in [6.45, 7) is 0. The highest BCUT2D eigenvalue weighted by Gasteiger charge is 2.19. The molecule has 0 heterocycles. The van der Waals surface area contributed by atoms with Crippen LogP contribution in [-0.2, 0) is 4.79 Å². The lowest BCUT2D eigenvalue weighted by molar-refractivity contribution is -0.117. The third kappa shape index (κ3) is 3.25. The van der Waals surface area contributed by atoms with Crippen molar-refractivity contribution < 1.29 is 13.6 Å². The number of rotatable bonds is 3. The highest BCUT2D eigenvalue weighted by Crippen LogP contribution is 2.28. The van der Waals surface area contributed by atoms with Crippen molar-refractivity contribution in [2.75, 3.05) is 5.32 Å². The monoisotopic (exact) mass is 239 g/mol. The van der Waals surface area contributed by atoms with Gasteiger partial charge in [0.25, 0.3) is 0 Å². The zero-order chi connectivity index (χ0) is 12.3. The number of nitrogens with one attached hydrogen (secondary N) is 1. The van der Waals surface area contributed by atoms with Crippen LogP contribution in [0.5, 0.6) is 0 Å². The van der Waals surface area contributed by atoms with Gasteiger partial charge < -0.3 is 5.32 Å². The molecule has 0 bridgehead atoms. The largest absolute Gasteiger partial charge is 0.324 e. The summed E-state index contributed by atoms with van der Waals surface area (Å²) in [5.41, 5.74) is -0.0759. The fourth-order valence-electron chi connectivity index (χ4n) is 2.27. The first-order valence-corrected chi connectivity index (χ1v) is 5.90. The van der Waals surface area contributed by atoms with Gasteiger partial charge in [-0.3, -0.25) is 4.79 Å². The van der Waals surface area contributed by atoms with Crippen LogP contribution in [0.2, 0.25) is 0 Å². The maximum Gasteiger partial charge on any atom is 0.224 e.